The van der Waals surface area contributed by atoms with Crippen molar-refractivity contribution in [3.05, 3.63) is 99.5 Å². The first-order valence-electron chi connectivity index (χ1n) is 11.8. The number of rotatable bonds is 6. The van der Waals surface area contributed by atoms with E-state index in [-0.39, 0.29) is 23.8 Å². The van der Waals surface area contributed by atoms with Crippen LogP contribution in [0.3, 0.4) is 0 Å². The number of carboxylic acid groups (broad SMARTS) is 1. The SMILES string of the molecule is N#Cc1cc2c(cc1Oc1ccc(C(=O)Nc3cccc(-c4ccc(Cl)cc4Cl)n3)cc1)OCCC2C(=O)O. The van der Waals surface area contributed by atoms with Crippen molar-refractivity contribution in [2.75, 3.05) is 11.9 Å². The molecule has 5 rings (SSSR count). The fraction of sp³-hybridized carbons (Fsp3) is 0.103. The minimum atomic E-state index is -0.971. The second-order valence-corrected chi connectivity index (χ2v) is 9.48. The Morgan fingerprint density at radius 1 is 1.08 bits per heavy atom. The molecular formula is C29H19Cl2N3O5. The number of pyridine rings is 1. The fourth-order valence-corrected chi connectivity index (χ4v) is 4.69. The highest BCUT2D eigenvalue weighted by molar-refractivity contribution is 6.36. The maximum atomic E-state index is 12.8. The number of hydrogen-bond donors (Lipinski definition) is 2. The Bertz CT molecular complexity index is 1630. The van der Waals surface area contributed by atoms with Crippen molar-refractivity contribution in [3.63, 3.8) is 0 Å². The number of amides is 1. The predicted octanol–water partition coefficient (Wildman–Crippen LogP) is 6.92. The highest BCUT2D eigenvalue weighted by Crippen LogP contribution is 2.40. The van der Waals surface area contributed by atoms with Crippen LogP contribution < -0.4 is 14.8 Å². The van der Waals surface area contributed by atoms with E-state index < -0.39 is 11.9 Å². The zero-order chi connectivity index (χ0) is 27.5. The maximum absolute atomic E-state index is 12.8. The van der Waals surface area contributed by atoms with Crippen LogP contribution in [0.2, 0.25) is 10.0 Å². The number of anilines is 1. The lowest BCUT2D eigenvalue weighted by molar-refractivity contribution is -0.139. The Kier molecular flexibility index (Phi) is 7.37. The summed E-state index contributed by atoms with van der Waals surface area (Å²) < 4.78 is 11.5. The summed E-state index contributed by atoms with van der Waals surface area (Å²) in [6.45, 7) is 0.254. The number of aromatic nitrogens is 1. The molecule has 3 aromatic carbocycles. The van der Waals surface area contributed by atoms with E-state index in [4.69, 9.17) is 32.7 Å². The van der Waals surface area contributed by atoms with Gasteiger partial charge in [-0.05, 0) is 67.1 Å². The number of ether oxygens (including phenoxy) is 2. The van der Waals surface area contributed by atoms with Crippen LogP contribution in [0.4, 0.5) is 5.82 Å². The van der Waals surface area contributed by atoms with Gasteiger partial charge in [-0.1, -0.05) is 29.3 Å². The molecule has 0 saturated heterocycles. The standard InChI is InChI=1S/C29H19Cl2N3O5/c30-18-6-9-21(23(31)13-18)24-2-1-3-27(33-24)34-28(35)16-4-7-19(8-5-16)39-25-14-26-22(12-17(25)15-32)20(29(36)37)10-11-38-26/h1-9,12-14,20H,10-11H2,(H,36,37)(H,33,34,35). The van der Waals surface area contributed by atoms with Crippen LogP contribution in [-0.4, -0.2) is 28.6 Å². The number of carbonyl (C=O) groups excluding carboxylic acids is 1. The molecule has 1 aliphatic heterocycles. The molecule has 0 fully saturated rings. The van der Waals surface area contributed by atoms with Crippen LogP contribution in [0.1, 0.15) is 33.8 Å². The van der Waals surface area contributed by atoms with Crippen LogP contribution >= 0.6 is 23.2 Å². The lowest BCUT2D eigenvalue weighted by atomic mass is 9.91. The molecule has 1 aliphatic rings. The van der Waals surface area contributed by atoms with E-state index in [0.29, 0.717) is 56.2 Å². The molecule has 39 heavy (non-hydrogen) atoms. The quantitative estimate of drug-likeness (QED) is 0.263. The minimum Gasteiger partial charge on any atom is -0.493 e. The number of carbonyl (C=O) groups is 2. The summed E-state index contributed by atoms with van der Waals surface area (Å²) in [4.78, 5) is 28.9. The van der Waals surface area contributed by atoms with Crippen molar-refractivity contribution in [3.8, 4) is 34.6 Å². The third kappa shape index (κ3) is 5.65. The first kappa shape index (κ1) is 26.0. The van der Waals surface area contributed by atoms with Gasteiger partial charge >= 0.3 is 5.97 Å². The van der Waals surface area contributed by atoms with Crippen LogP contribution in [0, 0.1) is 11.3 Å². The van der Waals surface area contributed by atoms with E-state index in [1.807, 2.05) is 6.07 Å². The zero-order valence-electron chi connectivity index (χ0n) is 20.2. The number of nitrogens with zero attached hydrogens (tertiary/aromatic N) is 2. The molecule has 1 unspecified atom stereocenters. The van der Waals surface area contributed by atoms with Crippen LogP contribution in [0.25, 0.3) is 11.3 Å². The Morgan fingerprint density at radius 3 is 2.59 bits per heavy atom. The minimum absolute atomic E-state index is 0.180. The summed E-state index contributed by atoms with van der Waals surface area (Å²) in [5, 5.41) is 22.8. The maximum Gasteiger partial charge on any atom is 0.311 e. The van der Waals surface area contributed by atoms with Crippen molar-refractivity contribution >= 4 is 40.9 Å². The number of nitriles is 1. The number of aliphatic carboxylic acids is 1. The normalized spacial score (nSPS) is 13.9. The average molecular weight is 560 g/mol. The number of carboxylic acids is 1. The van der Waals surface area contributed by atoms with Gasteiger partial charge in [-0.25, -0.2) is 4.98 Å². The number of hydrogen-bond acceptors (Lipinski definition) is 6. The molecular weight excluding hydrogens is 541 g/mol. The second-order valence-electron chi connectivity index (χ2n) is 8.64. The molecule has 0 bridgehead atoms. The molecule has 0 aliphatic carbocycles. The van der Waals surface area contributed by atoms with Crippen molar-refractivity contribution in [1.82, 2.24) is 4.98 Å². The molecule has 10 heteroatoms. The van der Waals surface area contributed by atoms with E-state index in [9.17, 15) is 20.0 Å². The molecule has 1 aromatic heterocycles. The van der Waals surface area contributed by atoms with E-state index in [1.165, 1.54) is 12.1 Å². The van der Waals surface area contributed by atoms with Crippen molar-refractivity contribution in [2.45, 2.75) is 12.3 Å². The third-order valence-corrected chi connectivity index (χ3v) is 6.66. The highest BCUT2D eigenvalue weighted by atomic mass is 35.5. The molecule has 1 atom stereocenters. The summed E-state index contributed by atoms with van der Waals surface area (Å²) in [6, 6.07) is 21.7. The van der Waals surface area contributed by atoms with Gasteiger partial charge < -0.3 is 19.9 Å². The first-order chi connectivity index (χ1) is 18.8. The second kappa shape index (κ2) is 11.0. The number of halogens is 2. The fourth-order valence-electron chi connectivity index (χ4n) is 4.19. The Balaban J connectivity index is 1.31. The lowest BCUT2D eigenvalue weighted by Crippen LogP contribution is -2.21. The third-order valence-electron chi connectivity index (χ3n) is 6.11. The van der Waals surface area contributed by atoms with Crippen molar-refractivity contribution in [2.24, 2.45) is 0 Å². The summed E-state index contributed by atoms with van der Waals surface area (Å²) in [5.41, 5.74) is 2.24. The molecule has 0 radical (unpaired) electrons. The van der Waals surface area contributed by atoms with E-state index in [2.05, 4.69) is 10.3 Å². The zero-order valence-corrected chi connectivity index (χ0v) is 21.7. The average Bonchev–Trinajstić information content (AvgIpc) is 2.92. The first-order valence-corrected chi connectivity index (χ1v) is 12.5. The van der Waals surface area contributed by atoms with Gasteiger partial charge in [0.05, 0.1) is 28.8 Å². The predicted molar refractivity (Wildman–Crippen MR) is 146 cm³/mol. The van der Waals surface area contributed by atoms with Gasteiger partial charge in [0.2, 0.25) is 0 Å². The van der Waals surface area contributed by atoms with E-state index in [0.717, 1.165) is 0 Å². The van der Waals surface area contributed by atoms with Gasteiger partial charge in [0.1, 0.15) is 29.1 Å². The molecule has 0 saturated carbocycles. The molecule has 4 aromatic rings. The van der Waals surface area contributed by atoms with Gasteiger partial charge in [-0.2, -0.15) is 5.26 Å². The van der Waals surface area contributed by atoms with Crippen LogP contribution in [0.5, 0.6) is 17.2 Å². The molecule has 194 valence electrons. The van der Waals surface area contributed by atoms with Gasteiger partial charge in [0, 0.05) is 27.8 Å². The number of nitrogens with one attached hydrogen (secondary N) is 1. The Morgan fingerprint density at radius 2 is 1.87 bits per heavy atom. The summed E-state index contributed by atoms with van der Waals surface area (Å²) in [5.74, 6) is -0.780. The van der Waals surface area contributed by atoms with Gasteiger partial charge in [-0.3, -0.25) is 9.59 Å². The van der Waals surface area contributed by atoms with Crippen LogP contribution in [-0.2, 0) is 4.79 Å². The summed E-state index contributed by atoms with van der Waals surface area (Å²) >= 11 is 12.3. The molecule has 2 heterocycles. The topological polar surface area (TPSA) is 122 Å². The largest absolute Gasteiger partial charge is 0.493 e. The van der Waals surface area contributed by atoms with Gasteiger partial charge in [0.25, 0.3) is 5.91 Å². The lowest BCUT2D eigenvalue weighted by Gasteiger charge is -2.24. The van der Waals surface area contributed by atoms with E-state index in [1.54, 1.807) is 60.7 Å². The molecule has 8 nitrogen and oxygen atoms in total. The molecule has 0 spiro atoms. The monoisotopic (exact) mass is 559 g/mol. The molecule has 1 amide bonds. The Labute approximate surface area is 233 Å². The van der Waals surface area contributed by atoms with E-state index >= 15 is 0 Å². The summed E-state index contributed by atoms with van der Waals surface area (Å²) in [6.07, 6.45) is 0.325. The van der Waals surface area contributed by atoms with Gasteiger partial charge in [0.15, 0.2) is 0 Å². The van der Waals surface area contributed by atoms with Crippen molar-refractivity contribution in [1.29, 1.82) is 5.26 Å². The van der Waals surface area contributed by atoms with Crippen molar-refractivity contribution < 1.29 is 24.2 Å². The van der Waals surface area contributed by atoms with Crippen LogP contribution in [0.15, 0.2) is 72.8 Å². The number of benzene rings is 3. The molecule has 2 N–H and O–H groups in total. The Hall–Kier alpha value is -4.58. The highest BCUT2D eigenvalue weighted by Gasteiger charge is 2.29. The van der Waals surface area contributed by atoms with Gasteiger partial charge in [-0.15, -0.1) is 0 Å². The summed E-state index contributed by atoms with van der Waals surface area (Å²) in [7, 11) is 0. The number of fused-ring (bicyclic) bond motifs is 1. The smallest absolute Gasteiger partial charge is 0.311 e.